The second-order valence-electron chi connectivity index (χ2n) is 8.36. The number of non-ortho nitro benzene ring substituents is 1. The normalized spacial score (nSPS) is 16.8. The Morgan fingerprint density at radius 1 is 1.11 bits per heavy atom. The zero-order chi connectivity index (χ0) is 25.7. The van der Waals surface area contributed by atoms with Crippen molar-refractivity contribution in [3.63, 3.8) is 0 Å². The zero-order valence-electron chi connectivity index (χ0n) is 19.7. The number of pyridine rings is 1. The molecule has 1 aliphatic heterocycles. The first kappa shape index (κ1) is 24.6. The van der Waals surface area contributed by atoms with Crippen LogP contribution in [0.15, 0.2) is 78.6 Å². The molecule has 0 saturated carbocycles. The number of likely N-dealkylation sites (tertiary alicyclic amines) is 1. The average molecular weight is 488 g/mol. The van der Waals surface area contributed by atoms with Crippen molar-refractivity contribution in [2.24, 2.45) is 0 Å². The van der Waals surface area contributed by atoms with Crippen molar-refractivity contribution in [3.8, 4) is 5.75 Å². The van der Waals surface area contributed by atoms with Crippen LogP contribution >= 0.6 is 0 Å². The molecule has 1 saturated heterocycles. The first-order valence-corrected chi connectivity index (χ1v) is 11.6. The average Bonchev–Trinajstić information content (AvgIpc) is 3.14. The van der Waals surface area contributed by atoms with Gasteiger partial charge in [-0.15, -0.1) is 0 Å². The molecule has 0 spiro atoms. The Kier molecular flexibility index (Phi) is 7.39. The van der Waals surface area contributed by atoms with E-state index in [1.54, 1.807) is 48.8 Å². The van der Waals surface area contributed by atoms with Crippen molar-refractivity contribution in [1.29, 1.82) is 0 Å². The summed E-state index contributed by atoms with van der Waals surface area (Å²) in [5, 5.41) is 22.4. The number of benzene rings is 2. The van der Waals surface area contributed by atoms with E-state index in [1.807, 2.05) is 0 Å². The van der Waals surface area contributed by atoms with E-state index in [0.717, 1.165) is 18.4 Å². The third kappa shape index (κ3) is 5.10. The maximum atomic E-state index is 13.2. The second-order valence-corrected chi connectivity index (χ2v) is 8.36. The smallest absolute Gasteiger partial charge is 0.295 e. The highest BCUT2D eigenvalue weighted by molar-refractivity contribution is 6.46. The van der Waals surface area contributed by atoms with E-state index in [1.165, 1.54) is 29.2 Å². The summed E-state index contributed by atoms with van der Waals surface area (Å²) in [6.45, 7) is 2.65. The van der Waals surface area contributed by atoms with Gasteiger partial charge in [0.15, 0.2) is 0 Å². The van der Waals surface area contributed by atoms with Gasteiger partial charge in [-0.1, -0.05) is 25.5 Å². The molecule has 1 unspecified atom stereocenters. The van der Waals surface area contributed by atoms with Crippen LogP contribution in [0.25, 0.3) is 5.76 Å². The highest BCUT2D eigenvalue weighted by Crippen LogP contribution is 2.41. The number of rotatable bonds is 9. The number of ether oxygens (including phenoxy) is 1. The van der Waals surface area contributed by atoms with E-state index in [-0.39, 0.29) is 23.6 Å². The maximum absolute atomic E-state index is 13.2. The number of nitro groups is 1. The standard InChI is InChI=1S/C27H25N3O6/c1-2-3-15-36-22-6-4-5-20(16-22)25(31)23-24(19-7-9-21(10-8-19)30(34)35)29(27(33)26(23)32)17-18-11-13-28-14-12-18/h4-14,16,24,31H,2-3,15,17H2,1H3/b25-23+. The quantitative estimate of drug-likeness (QED) is 0.115. The fourth-order valence-corrected chi connectivity index (χ4v) is 4.08. The molecular weight excluding hydrogens is 462 g/mol. The fourth-order valence-electron chi connectivity index (χ4n) is 4.08. The SMILES string of the molecule is CCCCOc1cccc(/C(O)=C2\C(=O)C(=O)N(Cc3ccncc3)C2c2ccc([N+](=O)[O-])cc2)c1. The van der Waals surface area contributed by atoms with Gasteiger partial charge in [-0.05, 0) is 53.9 Å². The molecule has 1 aliphatic rings. The summed E-state index contributed by atoms with van der Waals surface area (Å²) in [7, 11) is 0. The topological polar surface area (TPSA) is 123 Å². The van der Waals surface area contributed by atoms with Gasteiger partial charge in [-0.3, -0.25) is 24.7 Å². The predicted molar refractivity (Wildman–Crippen MR) is 132 cm³/mol. The van der Waals surface area contributed by atoms with Gasteiger partial charge in [0.2, 0.25) is 0 Å². The molecular formula is C27H25N3O6. The Bertz CT molecular complexity index is 1300. The molecule has 1 N–H and O–H groups in total. The fraction of sp³-hybridized carbons (Fsp3) is 0.222. The summed E-state index contributed by atoms with van der Waals surface area (Å²) in [4.78, 5) is 42.3. The summed E-state index contributed by atoms with van der Waals surface area (Å²) in [5.41, 5.74) is 1.32. The number of hydrogen-bond donors (Lipinski definition) is 1. The summed E-state index contributed by atoms with van der Waals surface area (Å²) < 4.78 is 5.73. The second kappa shape index (κ2) is 10.8. The summed E-state index contributed by atoms with van der Waals surface area (Å²) >= 11 is 0. The molecule has 1 amide bonds. The molecule has 2 heterocycles. The van der Waals surface area contributed by atoms with Crippen LogP contribution in [0.1, 0.15) is 42.5 Å². The zero-order valence-corrected chi connectivity index (χ0v) is 19.7. The number of amides is 1. The summed E-state index contributed by atoms with van der Waals surface area (Å²) in [6, 6.07) is 14.8. The Balaban J connectivity index is 1.79. The molecule has 9 nitrogen and oxygen atoms in total. The van der Waals surface area contributed by atoms with E-state index in [9.17, 15) is 24.8 Å². The minimum atomic E-state index is -0.941. The number of nitrogens with zero attached hydrogens (tertiary/aromatic N) is 3. The monoisotopic (exact) mass is 487 g/mol. The predicted octanol–water partition coefficient (Wildman–Crippen LogP) is 4.79. The third-order valence-corrected chi connectivity index (χ3v) is 5.94. The van der Waals surface area contributed by atoms with E-state index >= 15 is 0 Å². The molecule has 36 heavy (non-hydrogen) atoms. The number of hydrogen-bond acceptors (Lipinski definition) is 7. The van der Waals surface area contributed by atoms with Gasteiger partial charge in [0.1, 0.15) is 11.5 Å². The number of carbonyl (C=O) groups excluding carboxylic acids is 2. The van der Waals surface area contributed by atoms with Crippen LogP contribution in [0.3, 0.4) is 0 Å². The molecule has 1 aromatic heterocycles. The Morgan fingerprint density at radius 2 is 1.83 bits per heavy atom. The first-order valence-electron chi connectivity index (χ1n) is 11.6. The number of aromatic nitrogens is 1. The summed E-state index contributed by atoms with van der Waals surface area (Å²) in [5.74, 6) is -1.41. The molecule has 3 aromatic rings. The van der Waals surface area contributed by atoms with E-state index < -0.39 is 22.7 Å². The minimum absolute atomic E-state index is 0.0890. The van der Waals surface area contributed by atoms with E-state index in [2.05, 4.69) is 11.9 Å². The Morgan fingerprint density at radius 3 is 2.50 bits per heavy atom. The van der Waals surface area contributed by atoms with Crippen molar-refractivity contribution < 1.29 is 24.4 Å². The van der Waals surface area contributed by atoms with Crippen LogP contribution in [0.2, 0.25) is 0 Å². The van der Waals surface area contributed by atoms with Crippen LogP contribution in [-0.4, -0.2) is 38.2 Å². The van der Waals surface area contributed by atoms with Gasteiger partial charge in [0.05, 0.1) is 23.1 Å². The van der Waals surface area contributed by atoms with Crippen molar-refractivity contribution in [2.75, 3.05) is 6.61 Å². The number of nitro benzene ring substituents is 1. The largest absolute Gasteiger partial charge is 0.507 e. The molecule has 4 rings (SSSR count). The van der Waals surface area contributed by atoms with Crippen molar-refractivity contribution in [2.45, 2.75) is 32.4 Å². The number of ketones is 1. The van der Waals surface area contributed by atoms with Gasteiger partial charge in [-0.25, -0.2) is 0 Å². The first-order chi connectivity index (χ1) is 17.4. The van der Waals surface area contributed by atoms with Crippen LogP contribution < -0.4 is 4.74 Å². The number of aliphatic hydroxyl groups is 1. The van der Waals surface area contributed by atoms with Gasteiger partial charge >= 0.3 is 0 Å². The maximum Gasteiger partial charge on any atom is 0.295 e. The van der Waals surface area contributed by atoms with Gasteiger partial charge in [-0.2, -0.15) is 0 Å². The van der Waals surface area contributed by atoms with Crippen molar-refractivity contribution in [3.05, 3.63) is 105 Å². The number of unbranched alkanes of at least 4 members (excludes halogenated alkanes) is 1. The highest BCUT2D eigenvalue weighted by Gasteiger charge is 2.46. The molecule has 1 fully saturated rings. The van der Waals surface area contributed by atoms with Gasteiger partial charge in [0, 0.05) is 36.6 Å². The third-order valence-electron chi connectivity index (χ3n) is 5.94. The van der Waals surface area contributed by atoms with Gasteiger partial charge < -0.3 is 14.7 Å². The summed E-state index contributed by atoms with van der Waals surface area (Å²) in [6.07, 6.45) is 5.00. The number of aliphatic hydroxyl groups excluding tert-OH is 1. The lowest BCUT2D eigenvalue weighted by atomic mass is 9.95. The minimum Gasteiger partial charge on any atom is -0.507 e. The van der Waals surface area contributed by atoms with Crippen molar-refractivity contribution in [1.82, 2.24) is 9.88 Å². The van der Waals surface area contributed by atoms with Gasteiger partial charge in [0.25, 0.3) is 17.4 Å². The van der Waals surface area contributed by atoms with Crippen LogP contribution in [0.4, 0.5) is 5.69 Å². The lowest BCUT2D eigenvalue weighted by Gasteiger charge is -2.25. The molecule has 0 bridgehead atoms. The van der Waals surface area contributed by atoms with Crippen LogP contribution in [0, 0.1) is 10.1 Å². The Labute approximate surface area is 207 Å². The van der Waals surface area contributed by atoms with E-state index in [0.29, 0.717) is 23.5 Å². The molecule has 9 heteroatoms. The van der Waals surface area contributed by atoms with Crippen LogP contribution in [-0.2, 0) is 16.1 Å². The number of Topliss-reactive ketones (excluding diaryl/α,β-unsaturated/α-hetero) is 1. The highest BCUT2D eigenvalue weighted by atomic mass is 16.6. The molecule has 2 aromatic carbocycles. The Hall–Kier alpha value is -4.53. The molecule has 0 radical (unpaired) electrons. The molecule has 1 atom stereocenters. The van der Waals surface area contributed by atoms with Crippen molar-refractivity contribution >= 4 is 23.1 Å². The lowest BCUT2D eigenvalue weighted by molar-refractivity contribution is -0.384. The molecule has 184 valence electrons. The lowest BCUT2D eigenvalue weighted by Crippen LogP contribution is -2.29. The number of carbonyl (C=O) groups is 2. The van der Waals surface area contributed by atoms with Crippen LogP contribution in [0.5, 0.6) is 5.75 Å². The molecule has 0 aliphatic carbocycles. The van der Waals surface area contributed by atoms with E-state index in [4.69, 9.17) is 4.74 Å².